The van der Waals surface area contributed by atoms with Gasteiger partial charge in [0.05, 0.1) is 17.9 Å². The number of rotatable bonds is 7. The zero-order valence-corrected chi connectivity index (χ0v) is 17.0. The van der Waals surface area contributed by atoms with Crippen molar-refractivity contribution in [2.45, 2.75) is 33.2 Å². The SMILES string of the molecule is CCC(CC)CNC(=NC)NCc1ccn(-c2ccccc2)n1.I. The molecule has 1 aromatic carbocycles. The van der Waals surface area contributed by atoms with Crippen LogP contribution in [0.1, 0.15) is 32.4 Å². The van der Waals surface area contributed by atoms with Gasteiger partial charge in [0.1, 0.15) is 0 Å². The molecular weight excluding hydrogens is 413 g/mol. The summed E-state index contributed by atoms with van der Waals surface area (Å²) in [5.74, 6) is 1.51. The van der Waals surface area contributed by atoms with E-state index in [1.807, 2.05) is 47.3 Å². The fourth-order valence-electron chi connectivity index (χ4n) is 2.39. The van der Waals surface area contributed by atoms with E-state index in [0.717, 1.165) is 23.9 Å². The van der Waals surface area contributed by atoms with Gasteiger partial charge in [0, 0.05) is 19.8 Å². The highest BCUT2D eigenvalue weighted by Crippen LogP contribution is 2.07. The normalized spacial score (nSPS) is 11.2. The van der Waals surface area contributed by atoms with Crippen molar-refractivity contribution in [2.24, 2.45) is 10.9 Å². The number of para-hydroxylation sites is 1. The molecule has 0 atom stereocenters. The minimum Gasteiger partial charge on any atom is -0.356 e. The zero-order chi connectivity index (χ0) is 16.5. The van der Waals surface area contributed by atoms with Gasteiger partial charge in [0.2, 0.25) is 0 Å². The molecule has 0 saturated heterocycles. The van der Waals surface area contributed by atoms with Crippen LogP contribution < -0.4 is 10.6 Å². The Kier molecular flexibility index (Phi) is 9.44. The monoisotopic (exact) mass is 441 g/mol. The molecule has 2 N–H and O–H groups in total. The molecule has 0 spiro atoms. The first kappa shape index (κ1) is 20.5. The van der Waals surface area contributed by atoms with Crippen LogP contribution in [0.5, 0.6) is 0 Å². The van der Waals surface area contributed by atoms with Crippen molar-refractivity contribution in [3.63, 3.8) is 0 Å². The molecule has 5 nitrogen and oxygen atoms in total. The maximum absolute atomic E-state index is 4.59. The third-order valence-electron chi connectivity index (χ3n) is 4.04. The van der Waals surface area contributed by atoms with Gasteiger partial charge in [0.25, 0.3) is 0 Å². The topological polar surface area (TPSA) is 54.2 Å². The van der Waals surface area contributed by atoms with Crippen LogP contribution in [0.2, 0.25) is 0 Å². The van der Waals surface area contributed by atoms with E-state index in [4.69, 9.17) is 0 Å². The number of hydrogen-bond donors (Lipinski definition) is 2. The largest absolute Gasteiger partial charge is 0.356 e. The molecule has 0 bridgehead atoms. The summed E-state index contributed by atoms with van der Waals surface area (Å²) < 4.78 is 1.89. The lowest BCUT2D eigenvalue weighted by Gasteiger charge is -2.16. The summed E-state index contributed by atoms with van der Waals surface area (Å²) in [6, 6.07) is 12.1. The van der Waals surface area contributed by atoms with Crippen LogP contribution >= 0.6 is 24.0 Å². The van der Waals surface area contributed by atoms with Gasteiger partial charge in [0.15, 0.2) is 5.96 Å². The first-order valence-electron chi connectivity index (χ1n) is 8.31. The van der Waals surface area contributed by atoms with Gasteiger partial charge in [-0.1, -0.05) is 44.9 Å². The lowest BCUT2D eigenvalue weighted by Crippen LogP contribution is -2.39. The summed E-state index contributed by atoms with van der Waals surface area (Å²) in [6.07, 6.45) is 4.34. The summed E-state index contributed by atoms with van der Waals surface area (Å²) in [7, 11) is 1.80. The first-order chi connectivity index (χ1) is 11.3. The molecule has 0 aliphatic carbocycles. The van der Waals surface area contributed by atoms with Crippen LogP contribution in [0.4, 0.5) is 0 Å². The number of nitrogens with one attached hydrogen (secondary N) is 2. The van der Waals surface area contributed by atoms with Gasteiger partial charge in [-0.3, -0.25) is 4.99 Å². The summed E-state index contributed by atoms with van der Waals surface area (Å²) in [5.41, 5.74) is 2.05. The van der Waals surface area contributed by atoms with E-state index in [9.17, 15) is 0 Å². The average molecular weight is 441 g/mol. The second-order valence-electron chi connectivity index (χ2n) is 5.58. The van der Waals surface area contributed by atoms with E-state index in [-0.39, 0.29) is 24.0 Å². The molecule has 0 fully saturated rings. The van der Waals surface area contributed by atoms with Crippen molar-refractivity contribution in [3.8, 4) is 5.69 Å². The highest BCUT2D eigenvalue weighted by atomic mass is 127. The minimum atomic E-state index is 0. The van der Waals surface area contributed by atoms with Crippen LogP contribution in [0.3, 0.4) is 0 Å². The Hall–Kier alpha value is -1.57. The number of hydrogen-bond acceptors (Lipinski definition) is 2. The van der Waals surface area contributed by atoms with E-state index in [2.05, 4.69) is 34.6 Å². The molecule has 0 amide bonds. The molecule has 6 heteroatoms. The Morgan fingerprint density at radius 2 is 1.83 bits per heavy atom. The van der Waals surface area contributed by atoms with Crippen LogP contribution in [0.25, 0.3) is 5.69 Å². The number of benzene rings is 1. The maximum atomic E-state index is 4.59. The minimum absolute atomic E-state index is 0. The summed E-state index contributed by atoms with van der Waals surface area (Å²) in [5, 5.41) is 11.3. The van der Waals surface area contributed by atoms with E-state index >= 15 is 0 Å². The van der Waals surface area contributed by atoms with Crippen molar-refractivity contribution in [1.29, 1.82) is 0 Å². The van der Waals surface area contributed by atoms with Crippen LogP contribution in [-0.4, -0.2) is 29.3 Å². The summed E-state index contributed by atoms with van der Waals surface area (Å²) in [6.45, 7) is 6.05. The van der Waals surface area contributed by atoms with Gasteiger partial charge in [-0.2, -0.15) is 5.10 Å². The van der Waals surface area contributed by atoms with Crippen molar-refractivity contribution in [1.82, 2.24) is 20.4 Å². The Bertz CT molecular complexity index is 605. The predicted octanol–water partition coefficient (Wildman–Crippen LogP) is 3.59. The fourth-order valence-corrected chi connectivity index (χ4v) is 2.39. The standard InChI is InChI=1S/C18H27N5.HI/c1-4-15(5-2)13-20-18(19-3)21-14-16-11-12-23(22-16)17-9-7-6-8-10-17;/h6-12,15H,4-5,13-14H2,1-3H3,(H2,19,20,21);1H. The molecule has 132 valence electrons. The lowest BCUT2D eigenvalue weighted by atomic mass is 10.0. The summed E-state index contributed by atoms with van der Waals surface area (Å²) >= 11 is 0. The number of nitrogens with zero attached hydrogens (tertiary/aromatic N) is 3. The Morgan fingerprint density at radius 3 is 2.46 bits per heavy atom. The molecule has 0 saturated carbocycles. The van der Waals surface area contributed by atoms with Crippen molar-refractivity contribution < 1.29 is 0 Å². The third kappa shape index (κ3) is 6.14. The smallest absolute Gasteiger partial charge is 0.191 e. The van der Waals surface area contributed by atoms with Gasteiger partial charge >= 0.3 is 0 Å². The summed E-state index contributed by atoms with van der Waals surface area (Å²) in [4.78, 5) is 4.27. The van der Waals surface area contributed by atoms with Gasteiger partial charge in [-0.15, -0.1) is 24.0 Å². The molecule has 0 aliphatic heterocycles. The third-order valence-corrected chi connectivity index (χ3v) is 4.04. The van der Waals surface area contributed by atoms with Gasteiger partial charge in [-0.05, 0) is 24.1 Å². The molecule has 2 rings (SSSR count). The second kappa shape index (κ2) is 11.1. The van der Waals surface area contributed by atoms with E-state index < -0.39 is 0 Å². The van der Waals surface area contributed by atoms with E-state index in [1.165, 1.54) is 12.8 Å². The first-order valence-corrected chi connectivity index (χ1v) is 8.31. The molecule has 0 unspecified atom stereocenters. The number of aliphatic imine (C=N–C) groups is 1. The van der Waals surface area contributed by atoms with Crippen molar-refractivity contribution in [2.75, 3.05) is 13.6 Å². The Labute approximate surface area is 162 Å². The Balaban J connectivity index is 0.00000288. The molecule has 1 aromatic heterocycles. The van der Waals surface area contributed by atoms with Crippen molar-refractivity contribution in [3.05, 3.63) is 48.3 Å². The van der Waals surface area contributed by atoms with Gasteiger partial charge in [-0.25, -0.2) is 4.68 Å². The molecule has 0 aliphatic rings. The van der Waals surface area contributed by atoms with E-state index in [1.54, 1.807) is 7.05 Å². The quantitative estimate of drug-likeness (QED) is 0.392. The number of halogens is 1. The lowest BCUT2D eigenvalue weighted by molar-refractivity contribution is 0.481. The molecule has 1 heterocycles. The van der Waals surface area contributed by atoms with E-state index in [0.29, 0.717) is 12.5 Å². The fraction of sp³-hybridized carbons (Fsp3) is 0.444. The number of aromatic nitrogens is 2. The van der Waals surface area contributed by atoms with Crippen molar-refractivity contribution >= 4 is 29.9 Å². The van der Waals surface area contributed by atoms with Crippen LogP contribution in [0.15, 0.2) is 47.6 Å². The molecule has 2 aromatic rings. The zero-order valence-electron chi connectivity index (χ0n) is 14.7. The van der Waals surface area contributed by atoms with Crippen LogP contribution in [-0.2, 0) is 6.54 Å². The highest BCUT2D eigenvalue weighted by molar-refractivity contribution is 14.0. The molecule has 24 heavy (non-hydrogen) atoms. The van der Waals surface area contributed by atoms with Gasteiger partial charge < -0.3 is 10.6 Å². The predicted molar refractivity (Wildman–Crippen MR) is 111 cm³/mol. The second-order valence-corrected chi connectivity index (χ2v) is 5.58. The molecular formula is C18H28IN5. The molecule has 0 radical (unpaired) electrons. The van der Waals surface area contributed by atoms with Crippen LogP contribution in [0, 0.1) is 5.92 Å². The average Bonchev–Trinajstić information content (AvgIpc) is 3.08. The highest BCUT2D eigenvalue weighted by Gasteiger charge is 2.06. The number of guanidine groups is 1. The Morgan fingerprint density at radius 1 is 1.12 bits per heavy atom. The maximum Gasteiger partial charge on any atom is 0.191 e.